The van der Waals surface area contributed by atoms with Crippen molar-refractivity contribution in [1.82, 2.24) is 4.98 Å². The lowest BCUT2D eigenvalue weighted by Gasteiger charge is -2.07. The van der Waals surface area contributed by atoms with Crippen LogP contribution in [0.5, 0.6) is 5.75 Å². The molecule has 3 aromatic rings. The van der Waals surface area contributed by atoms with E-state index in [-0.39, 0.29) is 41.1 Å². The van der Waals surface area contributed by atoms with Gasteiger partial charge >= 0.3 is 5.69 Å². The van der Waals surface area contributed by atoms with E-state index in [2.05, 4.69) is 4.98 Å². The smallest absolute Gasteiger partial charge is 0.311 e. The third-order valence-corrected chi connectivity index (χ3v) is 4.63. The van der Waals surface area contributed by atoms with Gasteiger partial charge in [-0.3, -0.25) is 19.9 Å². The average molecular weight is 392 g/mol. The first-order valence-corrected chi connectivity index (χ1v) is 9.19. The molecule has 0 saturated heterocycles. The van der Waals surface area contributed by atoms with Gasteiger partial charge in [-0.05, 0) is 48.7 Å². The quantitative estimate of drug-likeness (QED) is 0.329. The van der Waals surface area contributed by atoms with E-state index in [1.807, 2.05) is 0 Å². The van der Waals surface area contributed by atoms with Gasteiger partial charge in [-0.25, -0.2) is 4.39 Å². The summed E-state index contributed by atoms with van der Waals surface area (Å²) in [6, 6.07) is 13.9. The van der Waals surface area contributed by atoms with Gasteiger partial charge in [-0.2, -0.15) is 0 Å². The predicted molar refractivity (Wildman–Crippen MR) is 104 cm³/mol. The summed E-state index contributed by atoms with van der Waals surface area (Å²) < 4.78 is 19.4. The Morgan fingerprint density at radius 3 is 2.62 bits per heavy atom. The lowest BCUT2D eigenvalue weighted by atomic mass is 10.0. The molecule has 0 spiro atoms. The first-order valence-electron chi connectivity index (χ1n) is 9.19. The van der Waals surface area contributed by atoms with Gasteiger partial charge in [0, 0.05) is 29.8 Å². The van der Waals surface area contributed by atoms with Crippen molar-refractivity contribution < 1.29 is 18.8 Å². The molecule has 6 nitrogen and oxygen atoms in total. The van der Waals surface area contributed by atoms with Crippen LogP contribution in [0.3, 0.4) is 0 Å². The number of pyridine rings is 1. The van der Waals surface area contributed by atoms with Gasteiger partial charge in [0.25, 0.3) is 0 Å². The zero-order valence-electron chi connectivity index (χ0n) is 15.4. The van der Waals surface area contributed by atoms with Crippen LogP contribution >= 0.6 is 0 Å². The fourth-order valence-electron chi connectivity index (χ4n) is 2.94. The molecule has 0 radical (unpaired) electrons. The highest BCUT2D eigenvalue weighted by atomic mass is 19.1. The summed E-state index contributed by atoms with van der Waals surface area (Å²) in [6.45, 7) is 0. The summed E-state index contributed by atoms with van der Waals surface area (Å²) in [4.78, 5) is 27.6. The highest BCUT2D eigenvalue weighted by molar-refractivity contribution is 5.98. The molecular formula is C22H17FN2O4. The molecule has 0 amide bonds. The van der Waals surface area contributed by atoms with Gasteiger partial charge in [0.15, 0.2) is 11.5 Å². The molecule has 0 aliphatic heterocycles. The van der Waals surface area contributed by atoms with Crippen molar-refractivity contribution in [3.8, 4) is 17.0 Å². The summed E-state index contributed by atoms with van der Waals surface area (Å²) in [7, 11) is 0. The molecule has 146 valence electrons. The first-order chi connectivity index (χ1) is 14.0. The molecule has 0 atom stereocenters. The monoisotopic (exact) mass is 392 g/mol. The molecular weight excluding hydrogens is 375 g/mol. The fraction of sp³-hybridized carbons (Fsp3) is 0.182. The Morgan fingerprint density at radius 2 is 1.97 bits per heavy atom. The lowest BCUT2D eigenvalue weighted by Crippen LogP contribution is -2.06. The van der Waals surface area contributed by atoms with Crippen molar-refractivity contribution >= 4 is 11.5 Å². The van der Waals surface area contributed by atoms with Gasteiger partial charge in [0.05, 0.1) is 16.7 Å². The normalized spacial score (nSPS) is 13.1. The highest BCUT2D eigenvalue weighted by Crippen LogP contribution is 2.34. The topological polar surface area (TPSA) is 82.3 Å². The minimum atomic E-state index is -0.542. The number of ketones is 1. The second kappa shape index (κ2) is 7.79. The maximum atomic E-state index is 13.9. The van der Waals surface area contributed by atoms with Crippen molar-refractivity contribution in [2.75, 3.05) is 0 Å². The van der Waals surface area contributed by atoms with Crippen LogP contribution in [-0.4, -0.2) is 21.8 Å². The molecule has 1 aliphatic rings. The van der Waals surface area contributed by atoms with Crippen molar-refractivity contribution in [2.45, 2.75) is 25.4 Å². The van der Waals surface area contributed by atoms with Crippen molar-refractivity contribution in [3.05, 3.63) is 87.9 Å². The molecule has 0 unspecified atom stereocenters. The Morgan fingerprint density at radius 1 is 1.17 bits per heavy atom. The Kier molecular flexibility index (Phi) is 5.03. The zero-order chi connectivity index (χ0) is 20.4. The lowest BCUT2D eigenvalue weighted by molar-refractivity contribution is -0.386. The van der Waals surface area contributed by atoms with E-state index in [4.69, 9.17) is 4.74 Å². The number of carbonyl (C=O) groups is 1. The minimum absolute atomic E-state index is 0.0225. The molecule has 7 heteroatoms. The number of Topliss-reactive ketones (excluding diaryl/α,β-unsaturated/α-hetero) is 1. The van der Waals surface area contributed by atoms with Gasteiger partial charge < -0.3 is 4.74 Å². The van der Waals surface area contributed by atoms with E-state index in [0.717, 1.165) is 12.8 Å². The molecule has 1 fully saturated rings. The number of halogens is 1. The van der Waals surface area contributed by atoms with Crippen molar-refractivity contribution in [2.24, 2.45) is 0 Å². The van der Waals surface area contributed by atoms with Gasteiger partial charge in [-0.15, -0.1) is 0 Å². The van der Waals surface area contributed by atoms with Gasteiger partial charge in [0.1, 0.15) is 5.82 Å². The second-order valence-corrected chi connectivity index (χ2v) is 6.89. The van der Waals surface area contributed by atoms with Crippen LogP contribution in [0, 0.1) is 15.9 Å². The number of carbonyl (C=O) groups excluding carboxylic acids is 1. The van der Waals surface area contributed by atoms with E-state index in [1.165, 1.54) is 30.5 Å². The van der Waals surface area contributed by atoms with Crippen LogP contribution in [0.1, 0.15) is 28.8 Å². The summed E-state index contributed by atoms with van der Waals surface area (Å²) in [5.41, 5.74) is 1.51. The van der Waals surface area contributed by atoms with E-state index >= 15 is 0 Å². The van der Waals surface area contributed by atoms with E-state index in [1.54, 1.807) is 30.3 Å². The number of rotatable bonds is 7. The van der Waals surface area contributed by atoms with Crippen molar-refractivity contribution in [3.63, 3.8) is 0 Å². The summed E-state index contributed by atoms with van der Waals surface area (Å²) in [5, 5.41) is 11.3. The number of hydrogen-bond donors (Lipinski definition) is 0. The summed E-state index contributed by atoms with van der Waals surface area (Å²) in [5.74, 6) is -0.457. The third-order valence-electron chi connectivity index (χ3n) is 4.63. The van der Waals surface area contributed by atoms with Gasteiger partial charge in [0.2, 0.25) is 0 Å². The number of aromatic nitrogens is 1. The molecule has 2 aromatic carbocycles. The third kappa shape index (κ3) is 4.29. The Hall–Kier alpha value is -3.61. The van der Waals surface area contributed by atoms with E-state index in [0.29, 0.717) is 16.8 Å². The van der Waals surface area contributed by atoms with Crippen molar-refractivity contribution in [1.29, 1.82) is 0 Å². The molecule has 1 heterocycles. The van der Waals surface area contributed by atoms with Crippen LogP contribution in [0.2, 0.25) is 0 Å². The Bertz CT molecular complexity index is 1080. The number of benzene rings is 2. The predicted octanol–water partition coefficient (Wildman–Crippen LogP) is 4.76. The number of nitrogens with zero attached hydrogens (tertiary/aromatic N) is 2. The van der Waals surface area contributed by atoms with Crippen LogP contribution in [0.25, 0.3) is 11.3 Å². The minimum Gasteiger partial charge on any atom is -0.483 e. The summed E-state index contributed by atoms with van der Waals surface area (Å²) >= 11 is 0. The number of ether oxygens (including phenoxy) is 1. The number of nitro benzene ring substituents is 1. The average Bonchev–Trinajstić information content (AvgIpc) is 3.53. The molecule has 29 heavy (non-hydrogen) atoms. The van der Waals surface area contributed by atoms with Crippen LogP contribution in [0.4, 0.5) is 10.1 Å². The molecule has 0 N–H and O–H groups in total. The van der Waals surface area contributed by atoms with Gasteiger partial charge in [-0.1, -0.05) is 18.2 Å². The standard InChI is InChI=1S/C22H17FN2O4/c23-18-4-2-1-3-17(18)19-9-5-14(13-24-19)11-21(26)15-6-10-22(29-16-7-8-16)20(12-15)25(27)28/h1-6,9-10,12-13,16H,7-8,11H2. The molecule has 1 aromatic heterocycles. The van der Waals surface area contributed by atoms with Crippen LogP contribution in [-0.2, 0) is 6.42 Å². The van der Waals surface area contributed by atoms with E-state index < -0.39 is 4.92 Å². The molecule has 0 bridgehead atoms. The Balaban J connectivity index is 1.51. The summed E-state index contributed by atoms with van der Waals surface area (Å²) in [6.07, 6.45) is 3.33. The molecule has 1 aliphatic carbocycles. The zero-order valence-corrected chi connectivity index (χ0v) is 15.4. The largest absolute Gasteiger partial charge is 0.483 e. The molecule has 1 saturated carbocycles. The fourth-order valence-corrected chi connectivity index (χ4v) is 2.94. The maximum Gasteiger partial charge on any atom is 0.311 e. The maximum absolute atomic E-state index is 13.9. The van der Waals surface area contributed by atoms with E-state index in [9.17, 15) is 19.3 Å². The number of nitro groups is 1. The number of hydrogen-bond acceptors (Lipinski definition) is 5. The highest BCUT2D eigenvalue weighted by Gasteiger charge is 2.28. The van der Waals surface area contributed by atoms with Crippen LogP contribution < -0.4 is 4.74 Å². The second-order valence-electron chi connectivity index (χ2n) is 6.89. The molecule has 4 rings (SSSR count). The Labute approximate surface area is 166 Å². The first kappa shape index (κ1) is 18.7. The SMILES string of the molecule is O=C(Cc1ccc(-c2ccccc2F)nc1)c1ccc(OC2CC2)c([N+](=O)[O-])c1. The van der Waals surface area contributed by atoms with Crippen LogP contribution in [0.15, 0.2) is 60.8 Å².